The average molecular weight is 323 g/mol. The van der Waals surface area contributed by atoms with Gasteiger partial charge in [-0.15, -0.1) is 0 Å². The summed E-state index contributed by atoms with van der Waals surface area (Å²) >= 11 is 9.26. The van der Waals surface area contributed by atoms with Crippen molar-refractivity contribution < 1.29 is 9.18 Å². The third-order valence-corrected chi connectivity index (χ3v) is 4.05. The first-order valence-electron chi connectivity index (χ1n) is 5.29. The van der Waals surface area contributed by atoms with Crippen molar-refractivity contribution in [3.05, 3.63) is 34.6 Å². The molecule has 0 aliphatic rings. The molecule has 0 saturated carbocycles. The molecule has 5 heteroatoms. The molecule has 0 aliphatic carbocycles. The Morgan fingerprint density at radius 1 is 1.53 bits per heavy atom. The summed E-state index contributed by atoms with van der Waals surface area (Å²) in [6, 6.07) is 3.73. The van der Waals surface area contributed by atoms with Gasteiger partial charge < -0.3 is 5.32 Å². The zero-order valence-electron chi connectivity index (χ0n) is 9.64. The van der Waals surface area contributed by atoms with E-state index in [1.165, 1.54) is 12.1 Å². The molecule has 0 aliphatic heterocycles. The summed E-state index contributed by atoms with van der Waals surface area (Å²) in [5, 5.41) is 2.87. The number of amides is 1. The van der Waals surface area contributed by atoms with Gasteiger partial charge in [-0.3, -0.25) is 4.79 Å². The van der Waals surface area contributed by atoms with Gasteiger partial charge in [-0.2, -0.15) is 0 Å². The van der Waals surface area contributed by atoms with Crippen LogP contribution >= 0.6 is 27.5 Å². The lowest BCUT2D eigenvalue weighted by Crippen LogP contribution is -2.31. The highest BCUT2D eigenvalue weighted by Crippen LogP contribution is 2.17. The fraction of sp³-hybridized carbons (Fsp3) is 0.417. The smallest absolute Gasteiger partial charge is 0.252 e. The van der Waals surface area contributed by atoms with Gasteiger partial charge >= 0.3 is 0 Å². The molecule has 0 spiro atoms. The standard InChI is InChI=1S/C12H14BrClFNO/c1-7(2)10(13)6-16-12(17)9-4-3-8(15)5-11(9)14/h3-5,7,10H,6H2,1-2H3,(H,16,17). The summed E-state index contributed by atoms with van der Waals surface area (Å²) in [6.45, 7) is 4.61. The average Bonchev–Trinajstić information content (AvgIpc) is 2.25. The zero-order chi connectivity index (χ0) is 13.0. The number of hydrogen-bond donors (Lipinski definition) is 1. The van der Waals surface area contributed by atoms with E-state index >= 15 is 0 Å². The number of benzene rings is 1. The highest BCUT2D eigenvalue weighted by Gasteiger charge is 2.14. The number of carbonyl (C=O) groups excluding carboxylic acids is 1. The minimum atomic E-state index is -0.452. The quantitative estimate of drug-likeness (QED) is 0.843. The highest BCUT2D eigenvalue weighted by atomic mass is 79.9. The fourth-order valence-corrected chi connectivity index (χ4v) is 1.61. The molecule has 94 valence electrons. The third-order valence-electron chi connectivity index (χ3n) is 2.36. The van der Waals surface area contributed by atoms with E-state index in [1.807, 2.05) is 0 Å². The Hall–Kier alpha value is -0.610. The van der Waals surface area contributed by atoms with Crippen molar-refractivity contribution in [2.75, 3.05) is 6.54 Å². The van der Waals surface area contributed by atoms with Gasteiger partial charge in [-0.05, 0) is 24.1 Å². The minimum absolute atomic E-state index is 0.123. The highest BCUT2D eigenvalue weighted by molar-refractivity contribution is 9.09. The summed E-state index contributed by atoms with van der Waals surface area (Å²) in [6.07, 6.45) is 0. The predicted molar refractivity (Wildman–Crippen MR) is 71.3 cm³/mol. The van der Waals surface area contributed by atoms with Gasteiger partial charge in [0.1, 0.15) is 5.82 Å². The number of carbonyl (C=O) groups is 1. The van der Waals surface area contributed by atoms with Crippen LogP contribution in [0.3, 0.4) is 0 Å². The van der Waals surface area contributed by atoms with Gasteiger partial charge in [-0.1, -0.05) is 41.4 Å². The van der Waals surface area contributed by atoms with Crippen molar-refractivity contribution >= 4 is 33.4 Å². The first kappa shape index (κ1) is 14.5. The number of hydrogen-bond acceptors (Lipinski definition) is 1. The third kappa shape index (κ3) is 4.28. The topological polar surface area (TPSA) is 29.1 Å². The van der Waals surface area contributed by atoms with Crippen molar-refractivity contribution in [3.63, 3.8) is 0 Å². The summed E-state index contributed by atoms with van der Waals surface area (Å²) in [4.78, 5) is 12.0. The Kier molecular flexibility index (Phi) is 5.40. The van der Waals surface area contributed by atoms with E-state index in [4.69, 9.17) is 11.6 Å². The van der Waals surface area contributed by atoms with Crippen LogP contribution in [0.4, 0.5) is 4.39 Å². The van der Waals surface area contributed by atoms with Gasteiger partial charge in [0.2, 0.25) is 0 Å². The second kappa shape index (κ2) is 6.36. The molecule has 1 N–H and O–H groups in total. The number of nitrogens with one attached hydrogen (secondary N) is 1. The molecule has 1 unspecified atom stereocenters. The van der Waals surface area contributed by atoms with Crippen LogP contribution in [0.2, 0.25) is 5.02 Å². The molecule has 0 radical (unpaired) electrons. The fourth-order valence-electron chi connectivity index (χ4n) is 1.19. The van der Waals surface area contributed by atoms with Gasteiger partial charge in [-0.25, -0.2) is 4.39 Å². The molecule has 1 atom stereocenters. The maximum atomic E-state index is 12.8. The molecule has 1 aromatic rings. The van der Waals surface area contributed by atoms with E-state index in [2.05, 4.69) is 35.1 Å². The first-order chi connectivity index (χ1) is 7.91. The lowest BCUT2D eigenvalue weighted by molar-refractivity contribution is 0.0953. The summed E-state index contributed by atoms with van der Waals surface area (Å²) in [5.41, 5.74) is 0.288. The normalized spacial score (nSPS) is 12.6. The van der Waals surface area contributed by atoms with E-state index < -0.39 is 5.82 Å². The Morgan fingerprint density at radius 3 is 2.71 bits per heavy atom. The molecule has 0 saturated heterocycles. The van der Waals surface area contributed by atoms with Crippen LogP contribution in [0.25, 0.3) is 0 Å². The van der Waals surface area contributed by atoms with Crippen molar-refractivity contribution in [1.82, 2.24) is 5.32 Å². The zero-order valence-corrected chi connectivity index (χ0v) is 12.0. The number of alkyl halides is 1. The lowest BCUT2D eigenvalue weighted by atomic mass is 10.1. The molecule has 0 fully saturated rings. The molecule has 0 aromatic heterocycles. The molecule has 0 bridgehead atoms. The van der Waals surface area contributed by atoms with Crippen LogP contribution in [-0.4, -0.2) is 17.3 Å². The van der Waals surface area contributed by atoms with E-state index in [-0.39, 0.29) is 21.3 Å². The van der Waals surface area contributed by atoms with Gasteiger partial charge in [0.05, 0.1) is 10.6 Å². The van der Waals surface area contributed by atoms with E-state index in [0.717, 1.165) is 6.07 Å². The van der Waals surface area contributed by atoms with Crippen LogP contribution in [-0.2, 0) is 0 Å². The van der Waals surface area contributed by atoms with Gasteiger partial charge in [0.15, 0.2) is 0 Å². The second-order valence-electron chi connectivity index (χ2n) is 4.09. The van der Waals surface area contributed by atoms with Crippen molar-refractivity contribution in [2.45, 2.75) is 18.7 Å². The van der Waals surface area contributed by atoms with Crippen LogP contribution in [0.5, 0.6) is 0 Å². The second-order valence-corrected chi connectivity index (χ2v) is 5.68. The molecular weight excluding hydrogens is 308 g/mol. The monoisotopic (exact) mass is 321 g/mol. The molecule has 17 heavy (non-hydrogen) atoms. The van der Waals surface area contributed by atoms with Crippen molar-refractivity contribution in [2.24, 2.45) is 5.92 Å². The first-order valence-corrected chi connectivity index (χ1v) is 6.58. The Labute approximate surface area is 114 Å². The molecule has 1 amide bonds. The van der Waals surface area contributed by atoms with E-state index in [0.29, 0.717) is 12.5 Å². The van der Waals surface area contributed by atoms with Crippen LogP contribution in [0.15, 0.2) is 18.2 Å². The van der Waals surface area contributed by atoms with Gasteiger partial charge in [0.25, 0.3) is 5.91 Å². The minimum Gasteiger partial charge on any atom is -0.351 e. The van der Waals surface area contributed by atoms with Crippen LogP contribution in [0.1, 0.15) is 24.2 Å². The molecule has 1 aromatic carbocycles. The van der Waals surface area contributed by atoms with Crippen LogP contribution in [0, 0.1) is 11.7 Å². The van der Waals surface area contributed by atoms with E-state index in [9.17, 15) is 9.18 Å². The molecule has 2 nitrogen and oxygen atoms in total. The number of halogens is 3. The van der Waals surface area contributed by atoms with Crippen molar-refractivity contribution in [1.29, 1.82) is 0 Å². The molecule has 1 rings (SSSR count). The molecule has 0 heterocycles. The maximum Gasteiger partial charge on any atom is 0.252 e. The van der Waals surface area contributed by atoms with Gasteiger partial charge in [0, 0.05) is 11.4 Å². The van der Waals surface area contributed by atoms with Crippen LogP contribution < -0.4 is 5.32 Å². The maximum absolute atomic E-state index is 12.8. The Bertz CT molecular complexity index is 411. The largest absolute Gasteiger partial charge is 0.351 e. The SMILES string of the molecule is CC(C)C(Br)CNC(=O)c1ccc(F)cc1Cl. The van der Waals surface area contributed by atoms with Crippen molar-refractivity contribution in [3.8, 4) is 0 Å². The lowest BCUT2D eigenvalue weighted by Gasteiger charge is -2.14. The Balaban J connectivity index is 2.64. The van der Waals surface area contributed by atoms with E-state index in [1.54, 1.807) is 0 Å². The molecular formula is C12H14BrClFNO. The summed E-state index contributed by atoms with van der Waals surface area (Å²) < 4.78 is 12.8. The Morgan fingerprint density at radius 2 is 2.18 bits per heavy atom. The predicted octanol–water partition coefficient (Wildman–Crippen LogP) is 3.63. The summed E-state index contributed by atoms with van der Waals surface area (Å²) in [5.74, 6) is -0.328. The summed E-state index contributed by atoms with van der Waals surface area (Å²) in [7, 11) is 0. The number of rotatable bonds is 4.